The Bertz CT molecular complexity index is 1540. The zero-order valence-electron chi connectivity index (χ0n) is 22.7. The second kappa shape index (κ2) is 11.8. The van der Waals surface area contributed by atoms with Gasteiger partial charge in [-0.3, -0.25) is 9.59 Å². The number of carbonyl (C=O) groups is 2. The smallest absolute Gasteiger partial charge is 0.303 e. The average molecular weight is 534 g/mol. The Morgan fingerprint density at radius 1 is 0.949 bits per heavy atom. The minimum absolute atomic E-state index is 0.00124. The third kappa shape index (κ3) is 6.53. The summed E-state index contributed by atoms with van der Waals surface area (Å²) in [5, 5.41) is 9.66. The fraction of sp³-hybridized carbons (Fsp3) is 0.312. The molecule has 3 aromatic carbocycles. The van der Waals surface area contributed by atoms with Gasteiger partial charge >= 0.3 is 5.97 Å². The van der Waals surface area contributed by atoms with Crippen LogP contribution in [0.15, 0.2) is 54.6 Å². The van der Waals surface area contributed by atoms with Crippen LogP contribution in [0.1, 0.15) is 71.3 Å². The lowest BCUT2D eigenvalue weighted by Crippen LogP contribution is -2.08. The molecule has 39 heavy (non-hydrogen) atoms. The molecule has 0 radical (unpaired) electrons. The second-order valence-corrected chi connectivity index (χ2v) is 10.2. The van der Waals surface area contributed by atoms with Gasteiger partial charge in [-0.15, -0.1) is 0 Å². The van der Waals surface area contributed by atoms with E-state index in [-0.39, 0.29) is 23.9 Å². The Labute approximate surface area is 227 Å². The third-order valence-electron chi connectivity index (χ3n) is 7.34. The monoisotopic (exact) mass is 533 g/mol. The van der Waals surface area contributed by atoms with Crippen LogP contribution in [-0.4, -0.2) is 21.4 Å². The fourth-order valence-electron chi connectivity index (χ4n) is 5.17. The molecular weight excluding hydrogens is 500 g/mol. The molecule has 0 bridgehead atoms. The molecule has 0 amide bonds. The maximum absolute atomic E-state index is 14.5. The Morgan fingerprint density at radius 2 is 1.72 bits per heavy atom. The van der Waals surface area contributed by atoms with Crippen molar-refractivity contribution in [2.75, 3.05) is 0 Å². The van der Waals surface area contributed by atoms with Gasteiger partial charge in [0, 0.05) is 36.9 Å². The molecule has 1 heterocycles. The van der Waals surface area contributed by atoms with Crippen molar-refractivity contribution in [3.63, 3.8) is 0 Å². The van der Waals surface area contributed by atoms with Crippen LogP contribution in [0.3, 0.4) is 0 Å². The van der Waals surface area contributed by atoms with Gasteiger partial charge in [-0.1, -0.05) is 13.0 Å². The number of fused-ring (bicyclic) bond motifs is 1. The van der Waals surface area contributed by atoms with Gasteiger partial charge in [0.25, 0.3) is 0 Å². The molecule has 1 aromatic heterocycles. The van der Waals surface area contributed by atoms with Crippen molar-refractivity contribution in [1.82, 2.24) is 4.57 Å². The third-order valence-corrected chi connectivity index (χ3v) is 7.34. The zero-order valence-corrected chi connectivity index (χ0v) is 22.7. The van der Waals surface area contributed by atoms with Crippen LogP contribution in [0, 0.1) is 25.5 Å². The number of rotatable bonds is 11. The summed E-state index contributed by atoms with van der Waals surface area (Å²) in [5.74, 6) is -0.650. The minimum atomic E-state index is -0.846. The summed E-state index contributed by atoms with van der Waals surface area (Å²) >= 11 is 0. The predicted molar refractivity (Wildman–Crippen MR) is 148 cm³/mol. The van der Waals surface area contributed by atoms with E-state index in [1.165, 1.54) is 24.3 Å². The van der Waals surface area contributed by atoms with Crippen LogP contribution < -0.4 is 4.74 Å². The molecule has 0 unspecified atom stereocenters. The van der Waals surface area contributed by atoms with E-state index < -0.39 is 11.8 Å². The van der Waals surface area contributed by atoms with Gasteiger partial charge in [-0.05, 0) is 104 Å². The lowest BCUT2D eigenvalue weighted by atomic mass is 9.94. The van der Waals surface area contributed by atoms with Crippen LogP contribution in [0.2, 0.25) is 0 Å². The number of nitrogens with zero attached hydrogens (tertiary/aromatic N) is 1. The number of halogens is 2. The molecule has 0 aliphatic carbocycles. The summed E-state index contributed by atoms with van der Waals surface area (Å²) < 4.78 is 36.0. The van der Waals surface area contributed by atoms with Crippen molar-refractivity contribution in [3.05, 3.63) is 94.2 Å². The van der Waals surface area contributed by atoms with Crippen LogP contribution in [0.4, 0.5) is 8.78 Å². The molecule has 5 nitrogen and oxygen atoms in total. The predicted octanol–water partition coefficient (Wildman–Crippen LogP) is 8.04. The number of benzene rings is 3. The molecule has 204 valence electrons. The van der Waals surface area contributed by atoms with Crippen LogP contribution in [0.5, 0.6) is 11.5 Å². The number of hydrogen-bond donors (Lipinski definition) is 1. The SMILES string of the molecule is Cc1cc(Oc2cc(F)cc([C@@H](C)CCCC(=O)c3c(C)c4cc(F)ccc4n3C)c2)ccc1CCC(=O)O. The summed E-state index contributed by atoms with van der Waals surface area (Å²) in [6.45, 7) is 5.73. The van der Waals surface area contributed by atoms with Crippen molar-refractivity contribution >= 4 is 22.7 Å². The normalized spacial score (nSPS) is 12.1. The lowest BCUT2D eigenvalue weighted by Gasteiger charge is -2.15. The van der Waals surface area contributed by atoms with Crippen LogP contribution in [-0.2, 0) is 18.3 Å². The summed E-state index contributed by atoms with van der Waals surface area (Å²) in [6.07, 6.45) is 2.14. The zero-order chi connectivity index (χ0) is 28.3. The number of aromatic nitrogens is 1. The van der Waals surface area contributed by atoms with Gasteiger partial charge in [0.1, 0.15) is 23.1 Å². The molecule has 0 aliphatic rings. The molecule has 7 heteroatoms. The molecule has 0 fully saturated rings. The summed E-state index contributed by atoms with van der Waals surface area (Å²) in [4.78, 5) is 23.9. The number of Topliss-reactive ketones (excluding diaryl/α,β-unsaturated/α-hetero) is 1. The minimum Gasteiger partial charge on any atom is -0.481 e. The van der Waals surface area contributed by atoms with Crippen molar-refractivity contribution in [2.45, 2.75) is 58.8 Å². The van der Waals surface area contributed by atoms with Gasteiger partial charge in [0.15, 0.2) is 5.78 Å². The van der Waals surface area contributed by atoms with E-state index in [9.17, 15) is 18.4 Å². The largest absolute Gasteiger partial charge is 0.481 e. The molecule has 0 saturated heterocycles. The molecule has 1 N–H and O–H groups in total. The number of carbonyl (C=O) groups excluding carboxylic acids is 1. The first-order valence-corrected chi connectivity index (χ1v) is 13.1. The number of ether oxygens (including phenoxy) is 1. The molecule has 0 aliphatic heterocycles. The van der Waals surface area contributed by atoms with Crippen LogP contribution >= 0.6 is 0 Å². The van der Waals surface area contributed by atoms with E-state index in [1.807, 2.05) is 50.6 Å². The number of carboxylic acids is 1. The van der Waals surface area contributed by atoms with E-state index in [2.05, 4.69) is 0 Å². The maximum Gasteiger partial charge on any atom is 0.303 e. The molecule has 0 spiro atoms. The van der Waals surface area contributed by atoms with Crippen molar-refractivity contribution in [1.29, 1.82) is 0 Å². The van der Waals surface area contributed by atoms with E-state index in [4.69, 9.17) is 9.84 Å². The Kier molecular flexibility index (Phi) is 8.48. The highest BCUT2D eigenvalue weighted by Crippen LogP contribution is 2.31. The van der Waals surface area contributed by atoms with E-state index in [0.29, 0.717) is 42.9 Å². The number of aliphatic carboxylic acids is 1. The maximum atomic E-state index is 14.5. The van der Waals surface area contributed by atoms with Crippen molar-refractivity contribution in [3.8, 4) is 11.5 Å². The number of aryl methyl sites for hydroxylation is 4. The first-order valence-electron chi connectivity index (χ1n) is 13.1. The van der Waals surface area contributed by atoms with Crippen LogP contribution in [0.25, 0.3) is 10.9 Å². The Morgan fingerprint density at radius 3 is 2.44 bits per heavy atom. The molecule has 4 rings (SSSR count). The Hall–Kier alpha value is -4.00. The van der Waals surface area contributed by atoms with E-state index in [0.717, 1.165) is 33.2 Å². The number of hydrogen-bond acceptors (Lipinski definition) is 3. The molecule has 0 saturated carbocycles. The first kappa shape index (κ1) is 28.0. The lowest BCUT2D eigenvalue weighted by molar-refractivity contribution is -0.136. The standard InChI is InChI=1S/C32H33F2NO4/c1-19(6-5-7-30(36)32-21(3)28-18-24(33)10-12-29(28)35(32)4)23-15-25(34)17-27(16-23)39-26-11-8-22(20(2)14-26)9-13-31(37)38/h8,10-12,14-19H,5-7,9,13H2,1-4H3,(H,37,38)/t19-/m0/s1. The topological polar surface area (TPSA) is 68.5 Å². The van der Waals surface area contributed by atoms with Gasteiger partial charge in [-0.25, -0.2) is 8.78 Å². The molecular formula is C32H33F2NO4. The van der Waals surface area contributed by atoms with Crippen molar-refractivity contribution < 1.29 is 28.2 Å². The van der Waals surface area contributed by atoms with Gasteiger partial charge in [0.2, 0.25) is 0 Å². The average Bonchev–Trinajstić information content (AvgIpc) is 3.11. The van der Waals surface area contributed by atoms with E-state index in [1.54, 1.807) is 12.1 Å². The summed E-state index contributed by atoms with van der Waals surface area (Å²) in [6, 6.07) is 14.6. The first-order chi connectivity index (χ1) is 18.5. The van der Waals surface area contributed by atoms with Crippen molar-refractivity contribution in [2.24, 2.45) is 7.05 Å². The highest BCUT2D eigenvalue weighted by molar-refractivity contribution is 6.02. The van der Waals surface area contributed by atoms with E-state index >= 15 is 0 Å². The van der Waals surface area contributed by atoms with Gasteiger partial charge < -0.3 is 14.4 Å². The highest BCUT2D eigenvalue weighted by atomic mass is 19.1. The quantitative estimate of drug-likeness (QED) is 0.198. The highest BCUT2D eigenvalue weighted by Gasteiger charge is 2.19. The summed E-state index contributed by atoms with van der Waals surface area (Å²) in [7, 11) is 1.82. The summed E-state index contributed by atoms with van der Waals surface area (Å²) in [5.41, 5.74) is 4.82. The van der Waals surface area contributed by atoms with Gasteiger partial charge in [-0.2, -0.15) is 0 Å². The molecule has 4 aromatic rings. The number of carboxylic acid groups (broad SMARTS) is 1. The second-order valence-electron chi connectivity index (χ2n) is 10.2. The molecule has 1 atom stereocenters. The Balaban J connectivity index is 1.40. The van der Waals surface area contributed by atoms with Gasteiger partial charge in [0.05, 0.1) is 5.69 Å². The fourth-order valence-corrected chi connectivity index (χ4v) is 5.17. The number of ketones is 1.